The number of rotatable bonds is 8. The number of imidazole rings is 1. The van der Waals surface area contributed by atoms with E-state index in [-0.39, 0.29) is 17.3 Å². The topological polar surface area (TPSA) is 98.7 Å². The quantitative estimate of drug-likeness (QED) is 0.262. The van der Waals surface area contributed by atoms with Crippen molar-refractivity contribution < 1.29 is 4.42 Å². The zero-order valence-corrected chi connectivity index (χ0v) is 19.5. The van der Waals surface area contributed by atoms with Crippen LogP contribution < -0.4 is 11.2 Å². The van der Waals surface area contributed by atoms with Crippen molar-refractivity contribution in [3.8, 4) is 0 Å². The van der Waals surface area contributed by atoms with Gasteiger partial charge in [-0.2, -0.15) is 4.98 Å². The predicted octanol–water partition coefficient (Wildman–Crippen LogP) is 4.51. The highest BCUT2D eigenvalue weighted by Crippen LogP contribution is 2.20. The van der Waals surface area contributed by atoms with E-state index in [1.54, 1.807) is 0 Å². The van der Waals surface area contributed by atoms with Gasteiger partial charge in [-0.25, -0.2) is 9.78 Å². The van der Waals surface area contributed by atoms with Gasteiger partial charge >= 0.3 is 5.69 Å². The van der Waals surface area contributed by atoms with Crippen LogP contribution in [0, 0.1) is 0 Å². The number of oxazole rings is 1. The molecule has 8 nitrogen and oxygen atoms in total. The molecule has 9 heteroatoms. The number of aromatic nitrogens is 5. The average Bonchev–Trinajstić information content (AvgIpc) is 3.42. The first-order valence-electron chi connectivity index (χ1n) is 11.3. The van der Waals surface area contributed by atoms with Gasteiger partial charge in [-0.15, -0.1) is 0 Å². The van der Waals surface area contributed by atoms with Gasteiger partial charge < -0.3 is 9.40 Å². The maximum Gasteiger partial charge on any atom is 0.333 e. The number of nitrogens with one attached hydrogen (secondary N) is 1. The standard InChI is InChI=1S/C25H24ClN5O3/c1-2-3-7-12-30-22-21(28-24(26)29-22)23(32)31(25(30)33)15-17-10-11-19-18(13-17)27-20(34-19)14-16-8-5-4-6-9-16/h4-6,8-11,13H,2-3,7,12,14-15H2,1H3,(H,28,29). The summed E-state index contributed by atoms with van der Waals surface area (Å²) in [5, 5.41) is 0.0865. The minimum absolute atomic E-state index is 0.0865. The summed E-state index contributed by atoms with van der Waals surface area (Å²) in [7, 11) is 0. The first kappa shape index (κ1) is 22.2. The summed E-state index contributed by atoms with van der Waals surface area (Å²) >= 11 is 6.03. The lowest BCUT2D eigenvalue weighted by Gasteiger charge is -2.11. The van der Waals surface area contributed by atoms with Gasteiger partial charge in [-0.05, 0) is 41.3 Å². The molecule has 2 aromatic carbocycles. The highest BCUT2D eigenvalue weighted by Gasteiger charge is 2.17. The van der Waals surface area contributed by atoms with Gasteiger partial charge in [0.25, 0.3) is 5.56 Å². The van der Waals surface area contributed by atoms with Crippen LogP contribution in [0.5, 0.6) is 0 Å². The Kier molecular flexibility index (Phi) is 6.06. The number of fused-ring (bicyclic) bond motifs is 2. The number of unbranched alkanes of at least 4 members (excludes halogenated alkanes) is 2. The van der Waals surface area contributed by atoms with E-state index in [0.717, 1.165) is 30.4 Å². The lowest BCUT2D eigenvalue weighted by molar-refractivity contribution is 0.544. The van der Waals surface area contributed by atoms with Crippen molar-refractivity contribution in [1.82, 2.24) is 24.1 Å². The van der Waals surface area contributed by atoms with Crippen LogP contribution in [0.3, 0.4) is 0 Å². The Bertz CT molecular complexity index is 1580. The molecular formula is C25H24ClN5O3. The van der Waals surface area contributed by atoms with Crippen LogP contribution in [-0.2, 0) is 19.5 Å². The van der Waals surface area contributed by atoms with Gasteiger partial charge in [0.05, 0.1) is 6.54 Å². The van der Waals surface area contributed by atoms with E-state index >= 15 is 0 Å². The molecule has 5 rings (SSSR count). The van der Waals surface area contributed by atoms with Crippen LogP contribution >= 0.6 is 11.6 Å². The molecule has 0 fully saturated rings. The molecule has 0 aliphatic carbocycles. The fourth-order valence-electron chi connectivity index (χ4n) is 4.15. The normalized spacial score (nSPS) is 11.6. The summed E-state index contributed by atoms with van der Waals surface area (Å²) in [5.74, 6) is 0.613. The van der Waals surface area contributed by atoms with Crippen molar-refractivity contribution >= 4 is 33.9 Å². The van der Waals surface area contributed by atoms with Crippen LogP contribution in [0.25, 0.3) is 22.3 Å². The van der Waals surface area contributed by atoms with Crippen molar-refractivity contribution in [2.75, 3.05) is 0 Å². The minimum Gasteiger partial charge on any atom is -0.440 e. The zero-order valence-electron chi connectivity index (χ0n) is 18.8. The van der Waals surface area contributed by atoms with Crippen molar-refractivity contribution in [3.05, 3.63) is 91.7 Å². The number of aryl methyl sites for hydroxylation is 1. The van der Waals surface area contributed by atoms with E-state index in [1.165, 1.54) is 9.13 Å². The van der Waals surface area contributed by atoms with Gasteiger partial charge in [0, 0.05) is 13.0 Å². The number of hydrogen-bond acceptors (Lipinski definition) is 5. The number of H-pyrrole nitrogens is 1. The van der Waals surface area contributed by atoms with Crippen molar-refractivity contribution in [1.29, 1.82) is 0 Å². The van der Waals surface area contributed by atoms with Gasteiger partial charge in [0.2, 0.25) is 5.28 Å². The second-order valence-electron chi connectivity index (χ2n) is 8.33. The second-order valence-corrected chi connectivity index (χ2v) is 8.69. The molecule has 5 aromatic rings. The van der Waals surface area contributed by atoms with E-state index in [4.69, 9.17) is 16.0 Å². The second kappa shape index (κ2) is 9.30. The molecule has 0 saturated heterocycles. The minimum atomic E-state index is -0.448. The smallest absolute Gasteiger partial charge is 0.333 e. The Morgan fingerprint density at radius 1 is 1.00 bits per heavy atom. The maximum absolute atomic E-state index is 13.3. The molecule has 0 aliphatic rings. The number of hydrogen-bond donors (Lipinski definition) is 1. The van der Waals surface area contributed by atoms with Gasteiger partial charge in [-0.3, -0.25) is 13.9 Å². The molecule has 3 aromatic heterocycles. The summed E-state index contributed by atoms with van der Waals surface area (Å²) in [6, 6.07) is 15.5. The molecule has 0 atom stereocenters. The van der Waals surface area contributed by atoms with E-state index < -0.39 is 11.2 Å². The summed E-state index contributed by atoms with van der Waals surface area (Å²) in [6.07, 6.45) is 3.38. The lowest BCUT2D eigenvalue weighted by Crippen LogP contribution is -2.40. The van der Waals surface area contributed by atoms with E-state index in [9.17, 15) is 9.59 Å². The Hall–Kier alpha value is -3.65. The molecule has 174 valence electrons. The molecular weight excluding hydrogens is 454 g/mol. The first-order valence-corrected chi connectivity index (χ1v) is 11.7. The molecule has 3 heterocycles. The van der Waals surface area contributed by atoms with Crippen molar-refractivity contribution in [2.24, 2.45) is 0 Å². The van der Waals surface area contributed by atoms with Crippen LogP contribution in [0.15, 0.2) is 62.5 Å². The third kappa shape index (κ3) is 4.28. The molecule has 34 heavy (non-hydrogen) atoms. The largest absolute Gasteiger partial charge is 0.440 e. The monoisotopic (exact) mass is 477 g/mol. The molecule has 0 unspecified atom stereocenters. The number of aromatic amines is 1. The highest BCUT2D eigenvalue weighted by atomic mass is 35.5. The number of nitrogens with zero attached hydrogens (tertiary/aromatic N) is 4. The maximum atomic E-state index is 13.3. The summed E-state index contributed by atoms with van der Waals surface area (Å²) in [5.41, 5.74) is 2.91. The van der Waals surface area contributed by atoms with Crippen LogP contribution in [0.2, 0.25) is 5.28 Å². The zero-order chi connectivity index (χ0) is 23.7. The summed E-state index contributed by atoms with van der Waals surface area (Å²) in [6.45, 7) is 2.67. The Balaban J connectivity index is 1.50. The molecule has 1 N–H and O–H groups in total. The molecule has 0 saturated carbocycles. The Labute approximate surface area is 199 Å². The molecule has 0 aliphatic heterocycles. The van der Waals surface area contributed by atoms with Crippen LogP contribution in [0.4, 0.5) is 0 Å². The summed E-state index contributed by atoms with van der Waals surface area (Å²) < 4.78 is 8.63. The third-order valence-electron chi connectivity index (χ3n) is 5.85. The SMILES string of the molecule is CCCCCn1c(=O)n(Cc2ccc3oc(Cc4ccccc4)nc3c2)c(=O)c2[nH]c(Cl)nc21. The molecule has 0 bridgehead atoms. The predicted molar refractivity (Wildman–Crippen MR) is 132 cm³/mol. The van der Waals surface area contributed by atoms with Crippen LogP contribution in [-0.4, -0.2) is 24.1 Å². The lowest BCUT2D eigenvalue weighted by atomic mass is 10.1. The number of benzene rings is 2. The molecule has 0 amide bonds. The molecule has 0 spiro atoms. The fraction of sp³-hybridized carbons (Fsp3) is 0.280. The number of halogens is 1. The van der Waals surface area contributed by atoms with Crippen molar-refractivity contribution in [2.45, 2.75) is 45.7 Å². The van der Waals surface area contributed by atoms with E-state index in [2.05, 4.69) is 21.9 Å². The van der Waals surface area contributed by atoms with Gasteiger partial charge in [0.1, 0.15) is 5.52 Å². The summed E-state index contributed by atoms with van der Waals surface area (Å²) in [4.78, 5) is 38.0. The highest BCUT2D eigenvalue weighted by molar-refractivity contribution is 6.28. The van der Waals surface area contributed by atoms with E-state index in [1.807, 2.05) is 48.5 Å². The Morgan fingerprint density at radius 3 is 2.62 bits per heavy atom. The van der Waals surface area contributed by atoms with E-state index in [0.29, 0.717) is 35.6 Å². The van der Waals surface area contributed by atoms with Crippen molar-refractivity contribution in [3.63, 3.8) is 0 Å². The first-order chi connectivity index (χ1) is 16.5. The van der Waals surface area contributed by atoms with Crippen LogP contribution in [0.1, 0.15) is 43.2 Å². The Morgan fingerprint density at radius 2 is 1.82 bits per heavy atom. The molecule has 0 radical (unpaired) electrons. The average molecular weight is 478 g/mol. The van der Waals surface area contributed by atoms with Gasteiger partial charge in [-0.1, -0.05) is 56.2 Å². The fourth-order valence-corrected chi connectivity index (χ4v) is 4.32. The third-order valence-corrected chi connectivity index (χ3v) is 6.03. The van der Waals surface area contributed by atoms with Gasteiger partial charge in [0.15, 0.2) is 22.6 Å².